The Hall–Kier alpha value is -1.76. The van der Waals surface area contributed by atoms with Crippen molar-refractivity contribution in [3.63, 3.8) is 0 Å². The third kappa shape index (κ3) is 6.23. The summed E-state index contributed by atoms with van der Waals surface area (Å²) in [6.45, 7) is 3.06. The zero-order chi connectivity index (χ0) is 18.2. The lowest BCUT2D eigenvalue weighted by Gasteiger charge is -2.16. The lowest BCUT2D eigenvalue weighted by molar-refractivity contribution is -0.135. The van der Waals surface area contributed by atoms with Gasteiger partial charge < -0.3 is 19.9 Å². The molecule has 0 unspecified atom stereocenters. The van der Waals surface area contributed by atoms with Crippen molar-refractivity contribution in [1.29, 1.82) is 0 Å². The number of hydrogen-bond acceptors (Lipinski definition) is 4. The number of benzene rings is 2. The summed E-state index contributed by atoms with van der Waals surface area (Å²) in [6.07, 6.45) is 0. The van der Waals surface area contributed by atoms with E-state index in [9.17, 15) is 4.79 Å². The Balaban J connectivity index is 2.14. The third-order valence-electron chi connectivity index (χ3n) is 3.25. The van der Waals surface area contributed by atoms with E-state index in [0.717, 1.165) is 15.6 Å². The molecule has 25 heavy (non-hydrogen) atoms. The van der Waals surface area contributed by atoms with Crippen LogP contribution in [0.4, 0.5) is 0 Å². The van der Waals surface area contributed by atoms with Gasteiger partial charge in [0.15, 0.2) is 11.5 Å². The molecule has 2 aromatic rings. The molecule has 2 N–H and O–H groups in total. The van der Waals surface area contributed by atoms with E-state index in [4.69, 9.17) is 26.2 Å². The van der Waals surface area contributed by atoms with Crippen molar-refractivity contribution >= 4 is 33.5 Å². The number of hydrogen-bond donors (Lipinski definition) is 2. The molecule has 0 aliphatic heterocycles. The number of aliphatic carboxylic acids is 1. The molecule has 2 rings (SSSR count). The molecular weight excluding hydrogens is 410 g/mol. The summed E-state index contributed by atoms with van der Waals surface area (Å²) in [4.78, 5) is 10.6. The van der Waals surface area contributed by atoms with Gasteiger partial charge >= 0.3 is 5.97 Å². The van der Waals surface area contributed by atoms with Crippen molar-refractivity contribution in [2.45, 2.75) is 20.1 Å². The number of halogens is 2. The molecule has 0 bridgehead atoms. The number of nitrogens with one attached hydrogen (secondary N) is 1. The summed E-state index contributed by atoms with van der Waals surface area (Å²) in [6, 6.07) is 11.2. The quantitative estimate of drug-likeness (QED) is 0.625. The highest BCUT2D eigenvalue weighted by molar-refractivity contribution is 9.10. The molecule has 0 fully saturated rings. The Morgan fingerprint density at radius 1 is 1.24 bits per heavy atom. The lowest BCUT2D eigenvalue weighted by Crippen LogP contribution is -2.21. The molecule has 0 amide bonds. The van der Waals surface area contributed by atoms with Gasteiger partial charge in [0.2, 0.25) is 0 Å². The van der Waals surface area contributed by atoms with E-state index in [2.05, 4.69) is 21.2 Å². The second-order valence-electron chi connectivity index (χ2n) is 5.25. The Labute approximate surface area is 160 Å². The fourth-order valence-corrected chi connectivity index (χ4v) is 3.04. The first-order chi connectivity index (χ1) is 12.0. The van der Waals surface area contributed by atoms with Gasteiger partial charge in [0, 0.05) is 11.6 Å². The Kier molecular flexibility index (Phi) is 7.55. The standard InChI is InChI=1S/C18H19BrClNO4/c1-2-24-16-8-13(9-21-10-17(22)23)7-15(19)18(16)25-11-12-4-3-5-14(20)6-12/h3-8,21H,2,9-11H2,1H3,(H,22,23). The molecule has 0 saturated heterocycles. The van der Waals surface area contributed by atoms with E-state index in [1.165, 1.54) is 0 Å². The van der Waals surface area contributed by atoms with Gasteiger partial charge in [-0.1, -0.05) is 23.7 Å². The Bertz CT molecular complexity index is 739. The molecule has 0 spiro atoms. The summed E-state index contributed by atoms with van der Waals surface area (Å²) in [5, 5.41) is 12.2. The van der Waals surface area contributed by atoms with Crippen molar-refractivity contribution < 1.29 is 19.4 Å². The van der Waals surface area contributed by atoms with Crippen LogP contribution in [-0.4, -0.2) is 24.2 Å². The molecule has 0 aromatic heterocycles. The molecule has 7 heteroatoms. The minimum atomic E-state index is -0.898. The number of carbonyl (C=O) groups is 1. The van der Waals surface area contributed by atoms with Crippen LogP contribution in [-0.2, 0) is 17.9 Å². The van der Waals surface area contributed by atoms with Gasteiger partial charge in [0.25, 0.3) is 0 Å². The van der Waals surface area contributed by atoms with Gasteiger partial charge in [-0.15, -0.1) is 0 Å². The van der Waals surface area contributed by atoms with Crippen LogP contribution in [0.3, 0.4) is 0 Å². The molecule has 0 saturated carbocycles. The predicted molar refractivity (Wildman–Crippen MR) is 100 cm³/mol. The summed E-state index contributed by atoms with van der Waals surface area (Å²) in [7, 11) is 0. The molecule has 0 radical (unpaired) electrons. The maximum atomic E-state index is 10.6. The van der Waals surface area contributed by atoms with Crippen LogP contribution in [0.2, 0.25) is 5.02 Å². The number of carboxylic acid groups (broad SMARTS) is 1. The monoisotopic (exact) mass is 427 g/mol. The smallest absolute Gasteiger partial charge is 0.317 e. The second-order valence-corrected chi connectivity index (χ2v) is 6.54. The van der Waals surface area contributed by atoms with Crippen LogP contribution in [0, 0.1) is 0 Å². The van der Waals surface area contributed by atoms with Gasteiger partial charge in [-0.2, -0.15) is 0 Å². The summed E-state index contributed by atoms with van der Waals surface area (Å²) in [5.41, 5.74) is 1.85. The summed E-state index contributed by atoms with van der Waals surface area (Å²) in [5.74, 6) is 0.306. The fraction of sp³-hybridized carbons (Fsp3) is 0.278. The molecule has 2 aromatic carbocycles. The van der Waals surface area contributed by atoms with Crippen LogP contribution >= 0.6 is 27.5 Å². The Morgan fingerprint density at radius 3 is 2.72 bits per heavy atom. The molecular formula is C18H19BrClNO4. The minimum Gasteiger partial charge on any atom is -0.490 e. The molecule has 0 aliphatic carbocycles. The summed E-state index contributed by atoms with van der Waals surface area (Å²) < 4.78 is 12.3. The van der Waals surface area contributed by atoms with E-state index >= 15 is 0 Å². The maximum Gasteiger partial charge on any atom is 0.317 e. The van der Waals surface area contributed by atoms with Gasteiger partial charge in [0.1, 0.15) is 6.61 Å². The second kappa shape index (κ2) is 9.65. The van der Waals surface area contributed by atoms with Crippen LogP contribution in [0.5, 0.6) is 11.5 Å². The third-order valence-corrected chi connectivity index (χ3v) is 4.07. The van der Waals surface area contributed by atoms with Crippen molar-refractivity contribution in [3.05, 3.63) is 57.0 Å². The van der Waals surface area contributed by atoms with Crippen molar-refractivity contribution in [1.82, 2.24) is 5.32 Å². The first-order valence-corrected chi connectivity index (χ1v) is 8.91. The molecule has 0 atom stereocenters. The highest BCUT2D eigenvalue weighted by Gasteiger charge is 2.13. The van der Waals surface area contributed by atoms with Gasteiger partial charge in [0.05, 0.1) is 17.6 Å². The SMILES string of the molecule is CCOc1cc(CNCC(=O)O)cc(Br)c1OCc1cccc(Cl)c1. The molecule has 0 aliphatic rings. The van der Waals surface area contributed by atoms with Crippen molar-refractivity contribution in [3.8, 4) is 11.5 Å². The minimum absolute atomic E-state index is 0.103. The Morgan fingerprint density at radius 2 is 2.04 bits per heavy atom. The van der Waals surface area contributed by atoms with Gasteiger partial charge in [-0.3, -0.25) is 4.79 Å². The van der Waals surface area contributed by atoms with Crippen molar-refractivity contribution in [2.75, 3.05) is 13.2 Å². The normalized spacial score (nSPS) is 10.5. The topological polar surface area (TPSA) is 67.8 Å². The van der Waals surface area contributed by atoms with Gasteiger partial charge in [-0.25, -0.2) is 0 Å². The zero-order valence-corrected chi connectivity index (χ0v) is 16.1. The van der Waals surface area contributed by atoms with Gasteiger partial charge in [-0.05, 0) is 58.2 Å². The molecule has 134 valence electrons. The fourth-order valence-electron chi connectivity index (χ4n) is 2.22. The highest BCUT2D eigenvalue weighted by atomic mass is 79.9. The van der Waals surface area contributed by atoms with E-state index in [-0.39, 0.29) is 6.54 Å². The van der Waals surface area contributed by atoms with Crippen LogP contribution in [0.25, 0.3) is 0 Å². The van der Waals surface area contributed by atoms with Crippen molar-refractivity contribution in [2.24, 2.45) is 0 Å². The number of rotatable bonds is 9. The first-order valence-electron chi connectivity index (χ1n) is 7.74. The van der Waals surface area contributed by atoms with Crippen LogP contribution in [0.15, 0.2) is 40.9 Å². The number of ether oxygens (including phenoxy) is 2. The lowest BCUT2D eigenvalue weighted by atomic mass is 10.2. The average molecular weight is 429 g/mol. The average Bonchev–Trinajstić information content (AvgIpc) is 2.54. The zero-order valence-electron chi connectivity index (χ0n) is 13.7. The van der Waals surface area contributed by atoms with E-state index in [0.29, 0.717) is 36.3 Å². The first kappa shape index (κ1) is 19.6. The van der Waals surface area contributed by atoms with Crippen LogP contribution < -0.4 is 14.8 Å². The largest absolute Gasteiger partial charge is 0.490 e. The molecule has 0 heterocycles. The predicted octanol–water partition coefficient (Wildman–Crippen LogP) is 4.25. The number of carboxylic acids is 1. The molecule has 5 nitrogen and oxygen atoms in total. The van der Waals surface area contributed by atoms with E-state index in [1.54, 1.807) is 0 Å². The van der Waals surface area contributed by atoms with E-state index < -0.39 is 5.97 Å². The van der Waals surface area contributed by atoms with Crippen LogP contribution in [0.1, 0.15) is 18.1 Å². The summed E-state index contributed by atoms with van der Waals surface area (Å²) >= 11 is 9.49. The highest BCUT2D eigenvalue weighted by Crippen LogP contribution is 2.37. The maximum absolute atomic E-state index is 10.6. The van der Waals surface area contributed by atoms with E-state index in [1.807, 2.05) is 43.3 Å².